The summed E-state index contributed by atoms with van der Waals surface area (Å²) in [5.41, 5.74) is 1.06. The molecule has 0 radical (unpaired) electrons. The van der Waals surface area contributed by atoms with Gasteiger partial charge in [-0.15, -0.1) is 11.3 Å². The minimum absolute atomic E-state index is 0.0705. The van der Waals surface area contributed by atoms with Gasteiger partial charge in [-0.3, -0.25) is 4.99 Å². The monoisotopic (exact) mass is 430 g/mol. The van der Waals surface area contributed by atoms with Crippen LogP contribution in [-0.4, -0.2) is 48.4 Å². The Morgan fingerprint density at radius 2 is 2.19 bits per heavy atom. The molecule has 2 aromatic rings. The molecular weight excluding hydrogens is 407 g/mol. The summed E-state index contributed by atoms with van der Waals surface area (Å²) in [6.45, 7) is 5.69. The maximum atomic E-state index is 10.1. The summed E-state index contributed by atoms with van der Waals surface area (Å²) >= 11 is 13.7. The van der Waals surface area contributed by atoms with Gasteiger partial charge >= 0.3 is 0 Å². The largest absolute Gasteiger partial charge is 0.489 e. The zero-order chi connectivity index (χ0) is 19.6. The molecule has 1 unspecified atom stereocenters. The molecule has 9 heteroatoms. The molecule has 0 aliphatic heterocycles. The SMILES string of the molecule is CCNC(=NCC(O)COc1cccc(Cl)c1Cl)NCCc1csc(C)n1. The third-order valence-electron chi connectivity index (χ3n) is 3.49. The first kappa shape index (κ1) is 21.8. The second-order valence-electron chi connectivity index (χ2n) is 5.77. The van der Waals surface area contributed by atoms with Gasteiger partial charge in [-0.2, -0.15) is 0 Å². The molecular formula is C18H24Cl2N4O2S. The Hall–Kier alpha value is -1.54. The number of nitrogens with one attached hydrogen (secondary N) is 2. The third-order valence-corrected chi connectivity index (χ3v) is 5.12. The number of guanidine groups is 1. The number of aliphatic imine (C=N–C) groups is 1. The topological polar surface area (TPSA) is 78.8 Å². The van der Waals surface area contributed by atoms with E-state index in [0.717, 1.165) is 23.7 Å². The fourth-order valence-electron chi connectivity index (χ4n) is 2.20. The van der Waals surface area contributed by atoms with Gasteiger partial charge in [0.25, 0.3) is 0 Å². The van der Waals surface area contributed by atoms with Gasteiger partial charge in [0.15, 0.2) is 5.96 Å². The van der Waals surface area contributed by atoms with Crippen LogP contribution in [0.4, 0.5) is 0 Å². The van der Waals surface area contributed by atoms with Crippen molar-refractivity contribution >= 4 is 40.5 Å². The Balaban J connectivity index is 1.79. The summed E-state index contributed by atoms with van der Waals surface area (Å²) in [4.78, 5) is 8.83. The molecule has 1 atom stereocenters. The number of aliphatic hydroxyl groups is 1. The molecule has 0 fully saturated rings. The highest BCUT2D eigenvalue weighted by Crippen LogP contribution is 2.31. The molecule has 1 aromatic carbocycles. The van der Waals surface area contributed by atoms with Gasteiger partial charge in [-0.25, -0.2) is 4.98 Å². The minimum Gasteiger partial charge on any atom is -0.489 e. The maximum Gasteiger partial charge on any atom is 0.191 e. The first-order valence-electron chi connectivity index (χ1n) is 8.67. The van der Waals surface area contributed by atoms with E-state index in [-0.39, 0.29) is 13.2 Å². The molecule has 0 aliphatic rings. The Bertz CT molecular complexity index is 755. The van der Waals surface area contributed by atoms with E-state index in [4.69, 9.17) is 27.9 Å². The van der Waals surface area contributed by atoms with E-state index < -0.39 is 6.10 Å². The number of hydrogen-bond donors (Lipinski definition) is 3. The summed E-state index contributed by atoms with van der Waals surface area (Å²) in [5, 5.41) is 20.4. The lowest BCUT2D eigenvalue weighted by molar-refractivity contribution is 0.114. The number of halogens is 2. The van der Waals surface area contributed by atoms with Crippen molar-refractivity contribution in [3.05, 3.63) is 44.3 Å². The summed E-state index contributed by atoms with van der Waals surface area (Å²) < 4.78 is 5.53. The van der Waals surface area contributed by atoms with E-state index in [1.54, 1.807) is 29.5 Å². The molecule has 0 saturated carbocycles. The Labute approximate surface area is 173 Å². The number of ether oxygens (including phenoxy) is 1. The van der Waals surface area contributed by atoms with Crippen molar-refractivity contribution in [3.63, 3.8) is 0 Å². The predicted molar refractivity (Wildman–Crippen MR) is 113 cm³/mol. The van der Waals surface area contributed by atoms with Crippen molar-refractivity contribution in [1.82, 2.24) is 15.6 Å². The second kappa shape index (κ2) is 11.3. The molecule has 1 heterocycles. The van der Waals surface area contributed by atoms with Crippen LogP contribution in [0.25, 0.3) is 0 Å². The van der Waals surface area contributed by atoms with Crippen LogP contribution in [0.1, 0.15) is 17.6 Å². The van der Waals surface area contributed by atoms with Crippen LogP contribution in [0.3, 0.4) is 0 Å². The number of aryl methyl sites for hydroxylation is 1. The maximum absolute atomic E-state index is 10.1. The number of benzene rings is 1. The summed E-state index contributed by atoms with van der Waals surface area (Å²) in [6.07, 6.45) is 0.0462. The van der Waals surface area contributed by atoms with Gasteiger partial charge in [-0.05, 0) is 26.0 Å². The number of rotatable bonds is 9. The number of aromatic nitrogens is 1. The van der Waals surface area contributed by atoms with Crippen LogP contribution in [0.5, 0.6) is 5.75 Å². The smallest absolute Gasteiger partial charge is 0.191 e. The van der Waals surface area contributed by atoms with Gasteiger partial charge in [-0.1, -0.05) is 29.3 Å². The molecule has 27 heavy (non-hydrogen) atoms. The molecule has 0 bridgehead atoms. The molecule has 0 aliphatic carbocycles. The summed E-state index contributed by atoms with van der Waals surface area (Å²) in [6, 6.07) is 5.12. The predicted octanol–water partition coefficient (Wildman–Crippen LogP) is 3.30. The lowest BCUT2D eigenvalue weighted by Gasteiger charge is -2.14. The minimum atomic E-state index is -0.767. The first-order chi connectivity index (χ1) is 13.0. The van der Waals surface area contributed by atoms with Crippen LogP contribution in [0, 0.1) is 6.92 Å². The van der Waals surface area contributed by atoms with Crippen molar-refractivity contribution < 1.29 is 9.84 Å². The molecule has 2 rings (SSSR count). The molecule has 0 spiro atoms. The number of hydrogen-bond acceptors (Lipinski definition) is 5. The van der Waals surface area contributed by atoms with Crippen molar-refractivity contribution in [2.75, 3.05) is 26.2 Å². The Morgan fingerprint density at radius 1 is 1.37 bits per heavy atom. The Kier molecular flexibility index (Phi) is 9.14. The number of aliphatic hydroxyl groups excluding tert-OH is 1. The third kappa shape index (κ3) is 7.54. The average molecular weight is 431 g/mol. The van der Waals surface area contributed by atoms with Crippen LogP contribution >= 0.6 is 34.5 Å². The summed E-state index contributed by atoms with van der Waals surface area (Å²) in [5.74, 6) is 1.08. The van der Waals surface area contributed by atoms with E-state index in [2.05, 4.69) is 26.0 Å². The van der Waals surface area contributed by atoms with Crippen LogP contribution in [-0.2, 0) is 6.42 Å². The van der Waals surface area contributed by atoms with E-state index in [1.807, 2.05) is 13.8 Å². The van der Waals surface area contributed by atoms with E-state index in [9.17, 15) is 5.11 Å². The average Bonchev–Trinajstić information content (AvgIpc) is 3.06. The first-order valence-corrected chi connectivity index (χ1v) is 10.3. The van der Waals surface area contributed by atoms with Crippen LogP contribution in [0.15, 0.2) is 28.6 Å². The molecule has 0 amide bonds. The van der Waals surface area contributed by atoms with E-state index in [1.165, 1.54) is 0 Å². The molecule has 6 nitrogen and oxygen atoms in total. The van der Waals surface area contributed by atoms with Gasteiger partial charge in [0, 0.05) is 24.9 Å². The van der Waals surface area contributed by atoms with Crippen molar-refractivity contribution in [1.29, 1.82) is 0 Å². The number of thiazole rings is 1. The van der Waals surface area contributed by atoms with Crippen LogP contribution in [0.2, 0.25) is 10.0 Å². The van der Waals surface area contributed by atoms with E-state index in [0.29, 0.717) is 28.3 Å². The van der Waals surface area contributed by atoms with Gasteiger partial charge in [0.1, 0.15) is 23.5 Å². The van der Waals surface area contributed by atoms with Crippen molar-refractivity contribution in [2.45, 2.75) is 26.4 Å². The fraction of sp³-hybridized carbons (Fsp3) is 0.444. The standard InChI is InChI=1S/C18H24Cl2N4O2S/c1-3-21-18(22-8-7-13-11-27-12(2)24-13)23-9-14(25)10-26-16-6-4-5-15(19)17(16)20/h4-6,11,14,25H,3,7-10H2,1-2H3,(H2,21,22,23). The second-order valence-corrected chi connectivity index (χ2v) is 7.62. The Morgan fingerprint density at radius 3 is 2.89 bits per heavy atom. The van der Waals surface area contributed by atoms with Gasteiger partial charge in [0.2, 0.25) is 0 Å². The molecule has 1 aromatic heterocycles. The van der Waals surface area contributed by atoms with Crippen molar-refractivity contribution in [3.8, 4) is 5.75 Å². The highest BCUT2D eigenvalue weighted by atomic mass is 35.5. The zero-order valence-electron chi connectivity index (χ0n) is 15.3. The zero-order valence-corrected chi connectivity index (χ0v) is 17.7. The highest BCUT2D eigenvalue weighted by molar-refractivity contribution is 7.09. The molecule has 148 valence electrons. The van der Waals surface area contributed by atoms with E-state index >= 15 is 0 Å². The quantitative estimate of drug-likeness (QED) is 0.420. The summed E-state index contributed by atoms with van der Waals surface area (Å²) in [7, 11) is 0. The fourth-order valence-corrected chi connectivity index (χ4v) is 3.20. The molecule has 0 saturated heterocycles. The van der Waals surface area contributed by atoms with Crippen LogP contribution < -0.4 is 15.4 Å². The molecule has 3 N–H and O–H groups in total. The van der Waals surface area contributed by atoms with Gasteiger partial charge < -0.3 is 20.5 Å². The highest BCUT2D eigenvalue weighted by Gasteiger charge is 2.10. The lowest BCUT2D eigenvalue weighted by atomic mass is 10.3. The number of nitrogens with zero attached hydrogens (tertiary/aromatic N) is 2. The van der Waals surface area contributed by atoms with Crippen molar-refractivity contribution in [2.24, 2.45) is 4.99 Å². The normalized spacial score (nSPS) is 12.7. The lowest BCUT2D eigenvalue weighted by Crippen LogP contribution is -2.39. The van der Waals surface area contributed by atoms with Gasteiger partial charge in [0.05, 0.1) is 22.3 Å².